The van der Waals surface area contributed by atoms with E-state index in [1.807, 2.05) is 31.2 Å². The molecule has 0 bridgehead atoms. The number of anilines is 1. The van der Waals surface area contributed by atoms with E-state index in [2.05, 4.69) is 28.2 Å². The molecule has 108 valence electrons. The highest BCUT2D eigenvalue weighted by Gasteiger charge is 2.13. The van der Waals surface area contributed by atoms with Gasteiger partial charge in [0.05, 0.1) is 23.0 Å². The maximum atomic E-state index is 6.10. The monoisotopic (exact) mass is 357 g/mol. The summed E-state index contributed by atoms with van der Waals surface area (Å²) in [4.78, 5) is 0. The molecule has 0 saturated heterocycles. The number of benzene rings is 1. The molecule has 1 aromatic carbocycles. The van der Waals surface area contributed by atoms with Crippen LogP contribution in [0.25, 0.3) is 0 Å². The SMILES string of the molecule is CCOc1c(Br)cc(Cl)cc1NC(C)Cc1ccco1. The van der Waals surface area contributed by atoms with Crippen molar-refractivity contribution in [1.29, 1.82) is 0 Å². The zero-order valence-corrected chi connectivity index (χ0v) is 13.8. The normalized spacial score (nSPS) is 12.2. The van der Waals surface area contributed by atoms with Crippen LogP contribution >= 0.6 is 27.5 Å². The lowest BCUT2D eigenvalue weighted by Crippen LogP contribution is -2.18. The van der Waals surface area contributed by atoms with E-state index in [9.17, 15) is 0 Å². The van der Waals surface area contributed by atoms with Crippen molar-refractivity contribution in [2.45, 2.75) is 26.3 Å². The lowest BCUT2D eigenvalue weighted by molar-refractivity contribution is 0.339. The smallest absolute Gasteiger partial charge is 0.156 e. The van der Waals surface area contributed by atoms with Gasteiger partial charge in [0.2, 0.25) is 0 Å². The van der Waals surface area contributed by atoms with Crippen molar-refractivity contribution >= 4 is 33.2 Å². The van der Waals surface area contributed by atoms with Gasteiger partial charge in [-0.2, -0.15) is 0 Å². The first-order valence-electron chi connectivity index (χ1n) is 6.51. The quantitative estimate of drug-likeness (QED) is 0.776. The highest BCUT2D eigenvalue weighted by Crippen LogP contribution is 2.37. The van der Waals surface area contributed by atoms with Gasteiger partial charge in [0.15, 0.2) is 5.75 Å². The first kappa shape index (κ1) is 15.3. The Labute approximate surface area is 132 Å². The molecule has 2 rings (SSSR count). The van der Waals surface area contributed by atoms with E-state index in [-0.39, 0.29) is 6.04 Å². The summed E-state index contributed by atoms with van der Waals surface area (Å²) in [6, 6.07) is 7.76. The summed E-state index contributed by atoms with van der Waals surface area (Å²) in [6.07, 6.45) is 2.48. The van der Waals surface area contributed by atoms with Gasteiger partial charge in [-0.1, -0.05) is 11.6 Å². The molecule has 1 aromatic heterocycles. The van der Waals surface area contributed by atoms with E-state index in [0.29, 0.717) is 11.6 Å². The fourth-order valence-electron chi connectivity index (χ4n) is 2.01. The average Bonchev–Trinajstić information content (AvgIpc) is 2.86. The number of nitrogens with one attached hydrogen (secondary N) is 1. The van der Waals surface area contributed by atoms with Crippen LogP contribution in [0.3, 0.4) is 0 Å². The summed E-state index contributed by atoms with van der Waals surface area (Å²) >= 11 is 9.59. The Bertz CT molecular complexity index is 557. The summed E-state index contributed by atoms with van der Waals surface area (Å²) in [5.41, 5.74) is 0.880. The molecule has 0 aliphatic carbocycles. The molecule has 5 heteroatoms. The van der Waals surface area contributed by atoms with Gasteiger partial charge in [0.1, 0.15) is 5.76 Å². The Kier molecular flexibility index (Phi) is 5.38. The molecule has 0 amide bonds. The Balaban J connectivity index is 2.14. The van der Waals surface area contributed by atoms with Gasteiger partial charge >= 0.3 is 0 Å². The molecule has 1 N–H and O–H groups in total. The van der Waals surface area contributed by atoms with Crippen LogP contribution in [0.15, 0.2) is 39.4 Å². The molecule has 1 atom stereocenters. The van der Waals surface area contributed by atoms with Crippen LogP contribution in [0, 0.1) is 0 Å². The minimum atomic E-state index is 0.200. The highest BCUT2D eigenvalue weighted by molar-refractivity contribution is 9.10. The molecular formula is C15H17BrClNO2. The fraction of sp³-hybridized carbons (Fsp3) is 0.333. The van der Waals surface area contributed by atoms with Gasteiger partial charge in [-0.05, 0) is 54.0 Å². The van der Waals surface area contributed by atoms with E-state index in [1.165, 1.54) is 0 Å². The summed E-state index contributed by atoms with van der Waals surface area (Å²) in [5, 5.41) is 4.08. The second kappa shape index (κ2) is 7.04. The molecule has 2 aromatic rings. The number of ether oxygens (including phenoxy) is 1. The van der Waals surface area contributed by atoms with E-state index in [0.717, 1.165) is 28.1 Å². The minimum absolute atomic E-state index is 0.200. The molecule has 1 unspecified atom stereocenters. The molecule has 1 heterocycles. The predicted molar refractivity (Wildman–Crippen MR) is 85.8 cm³/mol. The zero-order chi connectivity index (χ0) is 14.5. The number of halogens is 2. The van der Waals surface area contributed by atoms with Gasteiger partial charge in [-0.15, -0.1) is 0 Å². The summed E-state index contributed by atoms with van der Waals surface area (Å²) in [6.45, 7) is 4.64. The van der Waals surface area contributed by atoms with Crippen molar-refractivity contribution in [2.75, 3.05) is 11.9 Å². The van der Waals surface area contributed by atoms with Crippen molar-refractivity contribution in [1.82, 2.24) is 0 Å². The van der Waals surface area contributed by atoms with Gasteiger partial charge in [-0.3, -0.25) is 0 Å². The molecule has 0 aliphatic heterocycles. The minimum Gasteiger partial charge on any atom is -0.491 e. The standard InChI is InChI=1S/C15H17BrClNO2/c1-3-19-15-13(16)8-11(17)9-14(15)18-10(2)7-12-5-4-6-20-12/h4-6,8-10,18H,3,7H2,1-2H3. The topological polar surface area (TPSA) is 34.4 Å². The van der Waals surface area contributed by atoms with Crippen LogP contribution in [0.2, 0.25) is 5.02 Å². The van der Waals surface area contributed by atoms with E-state index in [4.69, 9.17) is 20.8 Å². The maximum Gasteiger partial charge on any atom is 0.156 e. The van der Waals surface area contributed by atoms with Crippen molar-refractivity contribution in [2.24, 2.45) is 0 Å². The third-order valence-corrected chi connectivity index (χ3v) is 3.59. The lowest BCUT2D eigenvalue weighted by atomic mass is 10.2. The van der Waals surface area contributed by atoms with Crippen molar-refractivity contribution in [3.63, 3.8) is 0 Å². The molecule has 20 heavy (non-hydrogen) atoms. The Morgan fingerprint density at radius 2 is 2.25 bits per heavy atom. The highest BCUT2D eigenvalue weighted by atomic mass is 79.9. The van der Waals surface area contributed by atoms with E-state index >= 15 is 0 Å². The number of rotatable bonds is 6. The Morgan fingerprint density at radius 1 is 1.45 bits per heavy atom. The second-order valence-electron chi connectivity index (χ2n) is 4.53. The zero-order valence-electron chi connectivity index (χ0n) is 11.5. The first-order valence-corrected chi connectivity index (χ1v) is 7.68. The Hall–Kier alpha value is -1.13. The molecular weight excluding hydrogens is 342 g/mol. The van der Waals surface area contributed by atoms with Crippen LogP contribution in [0.5, 0.6) is 5.75 Å². The van der Waals surface area contributed by atoms with Crippen molar-refractivity contribution < 1.29 is 9.15 Å². The predicted octanol–water partition coefficient (Wildman–Crippen LogP) is 5.14. The molecule has 0 spiro atoms. The fourth-order valence-corrected chi connectivity index (χ4v) is 2.93. The maximum absolute atomic E-state index is 6.10. The van der Waals surface area contributed by atoms with Gasteiger partial charge in [0, 0.05) is 17.5 Å². The molecule has 0 aliphatic rings. The third-order valence-electron chi connectivity index (χ3n) is 2.79. The van der Waals surface area contributed by atoms with Gasteiger partial charge in [0.25, 0.3) is 0 Å². The van der Waals surface area contributed by atoms with Gasteiger partial charge < -0.3 is 14.5 Å². The number of hydrogen-bond donors (Lipinski definition) is 1. The number of hydrogen-bond acceptors (Lipinski definition) is 3. The first-order chi connectivity index (χ1) is 9.60. The van der Waals surface area contributed by atoms with Crippen molar-refractivity contribution in [3.8, 4) is 5.75 Å². The molecule has 0 fully saturated rings. The summed E-state index contributed by atoms with van der Waals surface area (Å²) < 4.78 is 11.9. The molecule has 0 saturated carbocycles. The van der Waals surface area contributed by atoms with Gasteiger partial charge in [-0.25, -0.2) is 0 Å². The van der Waals surface area contributed by atoms with Crippen LogP contribution < -0.4 is 10.1 Å². The van der Waals surface area contributed by atoms with E-state index < -0.39 is 0 Å². The van der Waals surface area contributed by atoms with Crippen LogP contribution in [-0.4, -0.2) is 12.6 Å². The molecule has 3 nitrogen and oxygen atoms in total. The van der Waals surface area contributed by atoms with Crippen molar-refractivity contribution in [3.05, 3.63) is 45.8 Å². The second-order valence-corrected chi connectivity index (χ2v) is 5.82. The summed E-state index contributed by atoms with van der Waals surface area (Å²) in [5.74, 6) is 1.73. The Morgan fingerprint density at radius 3 is 2.90 bits per heavy atom. The molecule has 0 radical (unpaired) electrons. The lowest BCUT2D eigenvalue weighted by Gasteiger charge is -2.18. The van der Waals surface area contributed by atoms with Crippen LogP contribution in [0.4, 0.5) is 5.69 Å². The largest absolute Gasteiger partial charge is 0.491 e. The summed E-state index contributed by atoms with van der Waals surface area (Å²) in [7, 11) is 0. The van der Waals surface area contributed by atoms with Crippen LogP contribution in [0.1, 0.15) is 19.6 Å². The van der Waals surface area contributed by atoms with E-state index in [1.54, 1.807) is 6.26 Å². The number of furan rings is 1. The third kappa shape index (κ3) is 3.93. The van der Waals surface area contributed by atoms with Crippen LogP contribution in [-0.2, 0) is 6.42 Å². The average molecular weight is 359 g/mol.